The normalized spacial score (nSPS) is 11.6. The maximum Gasteiger partial charge on any atom is 0.161 e. The van der Waals surface area contributed by atoms with Crippen molar-refractivity contribution in [3.05, 3.63) is 194 Å². The monoisotopic (exact) mass is 748 g/mol. The van der Waals surface area contributed by atoms with Gasteiger partial charge < -0.3 is 0 Å². The molecule has 56 heavy (non-hydrogen) atoms. The zero-order valence-electron chi connectivity index (χ0n) is 30.2. The summed E-state index contributed by atoms with van der Waals surface area (Å²) >= 11 is 3.68. The number of hydrogen-bond donors (Lipinski definition) is 0. The minimum absolute atomic E-state index is 0.723. The smallest absolute Gasteiger partial charge is 0.161 e. The van der Waals surface area contributed by atoms with Gasteiger partial charge in [-0.3, -0.25) is 0 Å². The summed E-state index contributed by atoms with van der Waals surface area (Å²) in [7, 11) is 0. The van der Waals surface area contributed by atoms with Gasteiger partial charge in [-0.2, -0.15) is 0 Å². The third kappa shape index (κ3) is 5.70. The van der Waals surface area contributed by atoms with Crippen molar-refractivity contribution in [2.75, 3.05) is 0 Å². The summed E-state index contributed by atoms with van der Waals surface area (Å²) in [5.74, 6) is 0.723. The fraction of sp³-hybridized carbons (Fsp3) is 0. The van der Waals surface area contributed by atoms with Gasteiger partial charge in [-0.25, -0.2) is 9.97 Å². The Morgan fingerprint density at radius 3 is 1.68 bits per heavy atom. The van der Waals surface area contributed by atoms with Crippen LogP contribution in [0.3, 0.4) is 0 Å². The highest BCUT2D eigenvalue weighted by Crippen LogP contribution is 2.43. The van der Waals surface area contributed by atoms with E-state index in [9.17, 15) is 0 Å². The van der Waals surface area contributed by atoms with Crippen molar-refractivity contribution in [3.63, 3.8) is 0 Å². The average molecular weight is 749 g/mol. The lowest BCUT2D eigenvalue weighted by atomic mass is 9.98. The summed E-state index contributed by atoms with van der Waals surface area (Å²) in [5.41, 5.74) is 12.2. The lowest BCUT2D eigenvalue weighted by Gasteiger charge is -2.12. The molecule has 11 rings (SSSR count). The van der Waals surface area contributed by atoms with Crippen molar-refractivity contribution in [2.24, 2.45) is 0 Å². The van der Waals surface area contributed by atoms with Gasteiger partial charge in [-0.1, -0.05) is 158 Å². The molecule has 0 saturated heterocycles. The molecule has 3 heterocycles. The van der Waals surface area contributed by atoms with E-state index in [-0.39, 0.29) is 0 Å². The van der Waals surface area contributed by atoms with Crippen LogP contribution in [0.15, 0.2) is 194 Å². The second kappa shape index (κ2) is 13.5. The van der Waals surface area contributed by atoms with E-state index in [2.05, 4.69) is 194 Å². The average Bonchev–Trinajstić information content (AvgIpc) is 3.85. The molecule has 0 amide bonds. The van der Waals surface area contributed by atoms with Gasteiger partial charge in [-0.05, 0) is 69.8 Å². The van der Waals surface area contributed by atoms with Crippen LogP contribution in [-0.4, -0.2) is 9.97 Å². The molecule has 0 aliphatic heterocycles. The standard InChI is InChI=1S/C52H32N2S2/c1-3-12-33(13-4-1)34-24-26-35(27-25-34)37-28-29-48-44(31-37)50-43(21-11-23-49(50)55-48)52-53-45(36-14-5-2-6-15-36)32-46(54-52)39-17-9-16-38(30-39)40-19-10-20-42-41-18-7-8-22-47(41)56-51(40)42/h1-32H. The van der Waals surface area contributed by atoms with Gasteiger partial charge in [0.15, 0.2) is 5.82 Å². The molecular formula is C52H32N2S2. The molecule has 0 saturated carbocycles. The first kappa shape index (κ1) is 32.7. The summed E-state index contributed by atoms with van der Waals surface area (Å²) in [6.45, 7) is 0. The van der Waals surface area contributed by atoms with E-state index in [0.717, 1.165) is 33.9 Å². The van der Waals surface area contributed by atoms with E-state index in [0.29, 0.717) is 0 Å². The number of rotatable bonds is 6. The molecular weight excluding hydrogens is 717 g/mol. The Labute approximate surface area is 332 Å². The number of hydrogen-bond acceptors (Lipinski definition) is 4. The van der Waals surface area contributed by atoms with E-state index >= 15 is 0 Å². The Morgan fingerprint density at radius 2 is 0.857 bits per heavy atom. The summed E-state index contributed by atoms with van der Waals surface area (Å²) in [5, 5.41) is 5.02. The molecule has 0 radical (unpaired) electrons. The van der Waals surface area contributed by atoms with Crippen LogP contribution < -0.4 is 0 Å². The maximum atomic E-state index is 5.38. The Morgan fingerprint density at radius 1 is 0.304 bits per heavy atom. The molecule has 3 aromatic heterocycles. The van der Waals surface area contributed by atoms with Crippen molar-refractivity contribution < 1.29 is 0 Å². The van der Waals surface area contributed by atoms with Crippen LogP contribution in [0, 0.1) is 0 Å². The minimum Gasteiger partial charge on any atom is -0.228 e. The van der Waals surface area contributed by atoms with Crippen LogP contribution in [-0.2, 0) is 0 Å². The van der Waals surface area contributed by atoms with Gasteiger partial charge in [0.05, 0.1) is 11.4 Å². The molecule has 0 atom stereocenters. The Bertz CT molecular complexity index is 3230. The van der Waals surface area contributed by atoms with Gasteiger partial charge in [0.2, 0.25) is 0 Å². The third-order valence-electron chi connectivity index (χ3n) is 10.7. The summed E-state index contributed by atoms with van der Waals surface area (Å²) < 4.78 is 5.09. The summed E-state index contributed by atoms with van der Waals surface area (Å²) in [4.78, 5) is 10.7. The Hall–Kier alpha value is -6.72. The molecule has 262 valence electrons. The Kier molecular flexibility index (Phi) is 7.90. The third-order valence-corrected chi connectivity index (χ3v) is 13.1. The van der Waals surface area contributed by atoms with Crippen molar-refractivity contribution in [3.8, 4) is 67.3 Å². The molecule has 2 nitrogen and oxygen atoms in total. The minimum atomic E-state index is 0.723. The van der Waals surface area contributed by atoms with Crippen LogP contribution in [0.5, 0.6) is 0 Å². The quantitative estimate of drug-likeness (QED) is 0.169. The topological polar surface area (TPSA) is 25.8 Å². The first-order valence-corrected chi connectivity index (χ1v) is 20.4. The Balaban J connectivity index is 1.06. The predicted octanol–water partition coefficient (Wildman–Crippen LogP) is 15.2. The van der Waals surface area contributed by atoms with Crippen LogP contribution in [0.1, 0.15) is 0 Å². The molecule has 0 aliphatic rings. The summed E-state index contributed by atoms with van der Waals surface area (Å²) in [6, 6.07) is 69.6. The molecule has 0 bridgehead atoms. The first-order valence-electron chi connectivity index (χ1n) is 18.8. The molecule has 0 spiro atoms. The van der Waals surface area contributed by atoms with Crippen LogP contribution in [0.2, 0.25) is 0 Å². The van der Waals surface area contributed by atoms with Crippen molar-refractivity contribution in [1.29, 1.82) is 0 Å². The molecule has 0 fully saturated rings. The van der Waals surface area contributed by atoms with Gasteiger partial charge in [0.25, 0.3) is 0 Å². The lowest BCUT2D eigenvalue weighted by Crippen LogP contribution is -1.96. The van der Waals surface area contributed by atoms with E-state index in [1.54, 1.807) is 0 Å². The van der Waals surface area contributed by atoms with Crippen LogP contribution >= 0.6 is 22.7 Å². The zero-order valence-corrected chi connectivity index (χ0v) is 31.8. The molecule has 4 heteroatoms. The second-order valence-electron chi connectivity index (χ2n) is 14.1. The molecule has 0 unspecified atom stereocenters. The number of thiophene rings is 2. The van der Waals surface area contributed by atoms with Crippen LogP contribution in [0.4, 0.5) is 0 Å². The molecule has 0 N–H and O–H groups in total. The van der Waals surface area contributed by atoms with E-state index in [1.165, 1.54) is 73.7 Å². The zero-order chi connectivity index (χ0) is 37.0. The number of nitrogens with zero attached hydrogens (tertiary/aromatic N) is 2. The fourth-order valence-electron chi connectivity index (χ4n) is 7.97. The molecule has 0 aliphatic carbocycles. The van der Waals surface area contributed by atoms with E-state index in [4.69, 9.17) is 9.97 Å². The van der Waals surface area contributed by atoms with Crippen molar-refractivity contribution in [2.45, 2.75) is 0 Å². The fourth-order valence-corrected chi connectivity index (χ4v) is 10.3. The largest absolute Gasteiger partial charge is 0.228 e. The predicted molar refractivity (Wildman–Crippen MR) is 240 cm³/mol. The maximum absolute atomic E-state index is 5.38. The highest BCUT2D eigenvalue weighted by atomic mass is 32.1. The first-order chi connectivity index (χ1) is 27.7. The van der Waals surface area contributed by atoms with Gasteiger partial charge >= 0.3 is 0 Å². The molecule has 11 aromatic rings. The molecule has 8 aromatic carbocycles. The summed E-state index contributed by atoms with van der Waals surface area (Å²) in [6.07, 6.45) is 0. The van der Waals surface area contributed by atoms with Gasteiger partial charge in [0, 0.05) is 57.0 Å². The van der Waals surface area contributed by atoms with Gasteiger partial charge in [0.1, 0.15) is 0 Å². The highest BCUT2D eigenvalue weighted by molar-refractivity contribution is 7.26. The van der Waals surface area contributed by atoms with E-state index in [1.807, 2.05) is 22.7 Å². The van der Waals surface area contributed by atoms with E-state index < -0.39 is 0 Å². The highest BCUT2D eigenvalue weighted by Gasteiger charge is 2.18. The second-order valence-corrected chi connectivity index (χ2v) is 16.3. The van der Waals surface area contributed by atoms with Crippen LogP contribution in [0.25, 0.3) is 108 Å². The number of benzene rings is 8. The SMILES string of the molecule is c1ccc(-c2ccc(-c3ccc4sc5cccc(-c6nc(-c7ccccc7)cc(-c7cccc(-c8cccc9c8sc8ccccc89)c7)n6)c5c4c3)cc2)cc1. The van der Waals surface area contributed by atoms with Gasteiger partial charge in [-0.15, -0.1) is 22.7 Å². The van der Waals surface area contributed by atoms with Crippen molar-refractivity contribution >= 4 is 63.0 Å². The number of fused-ring (bicyclic) bond motifs is 6. The number of aromatic nitrogens is 2. The lowest BCUT2D eigenvalue weighted by molar-refractivity contribution is 1.19. The van der Waals surface area contributed by atoms with Crippen molar-refractivity contribution in [1.82, 2.24) is 9.97 Å².